The van der Waals surface area contributed by atoms with Gasteiger partial charge in [-0.1, -0.05) is 23.7 Å². The number of aromatic nitrogens is 4. The molecule has 25 heavy (non-hydrogen) atoms. The number of tetrazole rings is 1. The minimum atomic E-state index is -0.351. The van der Waals surface area contributed by atoms with Gasteiger partial charge in [-0.3, -0.25) is 4.79 Å². The lowest BCUT2D eigenvalue weighted by molar-refractivity contribution is -0.119. The molecule has 8 heteroatoms. The molecule has 0 bridgehead atoms. The summed E-state index contributed by atoms with van der Waals surface area (Å²) >= 11 is 5.95. The molecule has 1 aromatic heterocycles. The molecule has 3 rings (SSSR count). The van der Waals surface area contributed by atoms with E-state index in [2.05, 4.69) is 15.4 Å². The van der Waals surface area contributed by atoms with Gasteiger partial charge in [0.2, 0.25) is 5.82 Å². The van der Waals surface area contributed by atoms with Gasteiger partial charge in [0.1, 0.15) is 12.4 Å². The van der Waals surface area contributed by atoms with E-state index < -0.39 is 0 Å². The van der Waals surface area contributed by atoms with Crippen molar-refractivity contribution in [3.05, 3.63) is 59.4 Å². The van der Waals surface area contributed by atoms with Crippen molar-refractivity contribution in [2.75, 3.05) is 11.4 Å². The summed E-state index contributed by atoms with van der Waals surface area (Å²) in [5.74, 6) is -0.180. The number of anilines is 1. The molecule has 0 unspecified atom stereocenters. The predicted molar refractivity (Wildman–Crippen MR) is 92.7 cm³/mol. The molecule has 0 saturated heterocycles. The van der Waals surface area contributed by atoms with E-state index in [0.29, 0.717) is 23.1 Å². The molecule has 0 saturated carbocycles. The summed E-state index contributed by atoms with van der Waals surface area (Å²) in [6, 6.07) is 12.8. The van der Waals surface area contributed by atoms with E-state index in [1.54, 1.807) is 30.3 Å². The highest BCUT2D eigenvalue weighted by Crippen LogP contribution is 2.19. The van der Waals surface area contributed by atoms with Gasteiger partial charge in [0.05, 0.1) is 0 Å². The number of amides is 1. The summed E-state index contributed by atoms with van der Waals surface area (Å²) < 4.78 is 13.0. The molecule has 1 heterocycles. The maximum Gasteiger partial charge on any atom is 0.250 e. The fourth-order valence-electron chi connectivity index (χ4n) is 2.38. The molecule has 6 nitrogen and oxygen atoms in total. The van der Waals surface area contributed by atoms with Crippen LogP contribution in [-0.4, -0.2) is 32.7 Å². The van der Waals surface area contributed by atoms with Gasteiger partial charge in [0.15, 0.2) is 0 Å². The number of hydrogen-bond acceptors (Lipinski definition) is 4. The molecule has 0 aliphatic heterocycles. The first-order valence-electron chi connectivity index (χ1n) is 7.66. The van der Waals surface area contributed by atoms with Gasteiger partial charge in [-0.15, -0.1) is 10.2 Å². The fraction of sp³-hybridized carbons (Fsp3) is 0.176. The molecule has 0 atom stereocenters. The monoisotopic (exact) mass is 359 g/mol. The predicted octanol–water partition coefficient (Wildman–Crippen LogP) is 3.19. The van der Waals surface area contributed by atoms with Crippen molar-refractivity contribution in [2.45, 2.75) is 13.5 Å². The van der Waals surface area contributed by atoms with E-state index in [1.807, 2.05) is 13.0 Å². The lowest BCUT2D eigenvalue weighted by Crippen LogP contribution is -2.34. The number of rotatable bonds is 5. The first kappa shape index (κ1) is 17.0. The summed E-state index contributed by atoms with van der Waals surface area (Å²) in [5.41, 5.74) is 1.33. The van der Waals surface area contributed by atoms with Crippen molar-refractivity contribution < 1.29 is 9.18 Å². The zero-order valence-electron chi connectivity index (χ0n) is 13.4. The Morgan fingerprint density at radius 1 is 1.24 bits per heavy atom. The van der Waals surface area contributed by atoms with Crippen molar-refractivity contribution in [3.8, 4) is 11.4 Å². The first-order valence-corrected chi connectivity index (χ1v) is 8.04. The third-order valence-corrected chi connectivity index (χ3v) is 3.80. The third kappa shape index (κ3) is 4.00. The largest absolute Gasteiger partial charge is 0.311 e. The van der Waals surface area contributed by atoms with Crippen molar-refractivity contribution in [1.29, 1.82) is 0 Å². The van der Waals surface area contributed by atoms with Crippen LogP contribution >= 0.6 is 11.6 Å². The number of benzene rings is 2. The van der Waals surface area contributed by atoms with Crippen molar-refractivity contribution >= 4 is 23.2 Å². The summed E-state index contributed by atoms with van der Waals surface area (Å²) in [6.07, 6.45) is 0. The number of likely N-dealkylation sites (N-methyl/N-ethyl adjacent to an activating group) is 1. The van der Waals surface area contributed by atoms with Gasteiger partial charge in [0.25, 0.3) is 5.91 Å². The Morgan fingerprint density at radius 2 is 2.00 bits per heavy atom. The molecule has 3 aromatic rings. The van der Waals surface area contributed by atoms with Gasteiger partial charge >= 0.3 is 0 Å². The SMILES string of the molecule is CCN(C(=O)Cn1nnc(-c2cccc(Cl)c2)n1)c1ccc(F)cc1. The molecule has 0 radical (unpaired) electrons. The number of carbonyl (C=O) groups is 1. The van der Waals surface area contributed by atoms with Crippen LogP contribution in [0.4, 0.5) is 10.1 Å². The van der Waals surface area contributed by atoms with E-state index in [4.69, 9.17) is 11.6 Å². The van der Waals surface area contributed by atoms with Crippen LogP contribution in [0.25, 0.3) is 11.4 Å². The lowest BCUT2D eigenvalue weighted by Gasteiger charge is -2.20. The van der Waals surface area contributed by atoms with Gasteiger partial charge in [-0.2, -0.15) is 4.80 Å². The molecule has 0 aliphatic rings. The minimum Gasteiger partial charge on any atom is -0.311 e. The quantitative estimate of drug-likeness (QED) is 0.701. The molecular formula is C17H15ClFN5O. The Morgan fingerprint density at radius 3 is 2.68 bits per heavy atom. The van der Waals surface area contributed by atoms with Gasteiger partial charge in [0, 0.05) is 22.8 Å². The zero-order chi connectivity index (χ0) is 17.8. The topological polar surface area (TPSA) is 63.9 Å². The zero-order valence-corrected chi connectivity index (χ0v) is 14.2. The molecule has 128 valence electrons. The Labute approximate surface area is 148 Å². The van der Waals surface area contributed by atoms with Crippen LogP contribution in [0.2, 0.25) is 5.02 Å². The van der Waals surface area contributed by atoms with Crippen LogP contribution in [0.15, 0.2) is 48.5 Å². The highest BCUT2D eigenvalue weighted by molar-refractivity contribution is 6.30. The summed E-state index contributed by atoms with van der Waals surface area (Å²) in [7, 11) is 0. The average molecular weight is 360 g/mol. The molecule has 2 aromatic carbocycles. The van der Waals surface area contributed by atoms with Crippen molar-refractivity contribution in [3.63, 3.8) is 0 Å². The van der Waals surface area contributed by atoms with E-state index in [-0.39, 0.29) is 18.3 Å². The van der Waals surface area contributed by atoms with Gasteiger partial charge in [-0.05, 0) is 48.5 Å². The van der Waals surface area contributed by atoms with Crippen LogP contribution in [0.3, 0.4) is 0 Å². The Bertz CT molecular complexity index is 881. The van der Waals surface area contributed by atoms with Gasteiger partial charge < -0.3 is 4.90 Å². The summed E-state index contributed by atoms with van der Waals surface area (Å²) in [6.45, 7) is 2.21. The van der Waals surface area contributed by atoms with Crippen molar-refractivity contribution in [2.24, 2.45) is 0 Å². The standard InChI is InChI=1S/C17H15ClFN5O/c1-2-23(15-8-6-14(19)7-9-15)16(25)11-24-21-17(20-22-24)12-4-3-5-13(18)10-12/h3-10H,2,11H2,1H3. The Kier molecular flexibility index (Phi) is 5.04. The molecule has 0 N–H and O–H groups in total. The van der Waals surface area contributed by atoms with E-state index in [9.17, 15) is 9.18 Å². The van der Waals surface area contributed by atoms with E-state index in [1.165, 1.54) is 21.8 Å². The van der Waals surface area contributed by atoms with Gasteiger partial charge in [-0.25, -0.2) is 4.39 Å². The smallest absolute Gasteiger partial charge is 0.250 e. The third-order valence-electron chi connectivity index (χ3n) is 3.57. The molecule has 0 aliphatic carbocycles. The lowest BCUT2D eigenvalue weighted by atomic mass is 10.2. The Hall–Kier alpha value is -2.80. The van der Waals surface area contributed by atoms with Crippen LogP contribution in [-0.2, 0) is 11.3 Å². The van der Waals surface area contributed by atoms with Crippen LogP contribution in [0.5, 0.6) is 0 Å². The molecule has 0 fully saturated rings. The normalized spacial score (nSPS) is 10.7. The number of hydrogen-bond donors (Lipinski definition) is 0. The second kappa shape index (κ2) is 7.40. The Balaban J connectivity index is 1.75. The highest BCUT2D eigenvalue weighted by atomic mass is 35.5. The minimum absolute atomic E-state index is 0.0707. The van der Waals surface area contributed by atoms with Crippen LogP contribution < -0.4 is 4.90 Å². The number of halogens is 2. The second-order valence-corrected chi connectivity index (χ2v) is 5.70. The fourth-order valence-corrected chi connectivity index (χ4v) is 2.57. The highest BCUT2D eigenvalue weighted by Gasteiger charge is 2.16. The van der Waals surface area contributed by atoms with Crippen LogP contribution in [0.1, 0.15) is 6.92 Å². The van der Waals surface area contributed by atoms with E-state index >= 15 is 0 Å². The molecule has 1 amide bonds. The molecule has 0 spiro atoms. The van der Waals surface area contributed by atoms with Crippen molar-refractivity contribution in [1.82, 2.24) is 20.2 Å². The molecular weight excluding hydrogens is 345 g/mol. The average Bonchev–Trinajstić information content (AvgIpc) is 3.06. The maximum atomic E-state index is 13.0. The number of carbonyl (C=O) groups excluding carboxylic acids is 1. The van der Waals surface area contributed by atoms with Crippen LogP contribution in [0, 0.1) is 5.82 Å². The first-order chi connectivity index (χ1) is 12.1. The summed E-state index contributed by atoms with van der Waals surface area (Å²) in [4.78, 5) is 15.3. The maximum absolute atomic E-state index is 13.0. The number of nitrogens with zero attached hydrogens (tertiary/aromatic N) is 5. The second-order valence-electron chi connectivity index (χ2n) is 5.27. The summed E-state index contributed by atoms with van der Waals surface area (Å²) in [5, 5.41) is 12.6. The van der Waals surface area contributed by atoms with E-state index in [0.717, 1.165) is 5.56 Å².